The maximum absolute atomic E-state index is 11.2. The fourth-order valence-corrected chi connectivity index (χ4v) is 1.89. The largest absolute Gasteiger partial charge is 0.480 e. The molecule has 1 aliphatic carbocycles. The number of carboxylic acids is 1. The molecule has 6 nitrogen and oxygen atoms in total. The lowest BCUT2D eigenvalue weighted by Gasteiger charge is -2.31. The summed E-state index contributed by atoms with van der Waals surface area (Å²) < 4.78 is 0. The zero-order valence-electron chi connectivity index (χ0n) is 7.49. The van der Waals surface area contributed by atoms with E-state index in [1.807, 2.05) is 0 Å². The van der Waals surface area contributed by atoms with Gasteiger partial charge in [0.2, 0.25) is 5.91 Å². The van der Waals surface area contributed by atoms with Gasteiger partial charge < -0.3 is 10.8 Å². The minimum Gasteiger partial charge on any atom is -0.480 e. The van der Waals surface area contributed by atoms with E-state index in [4.69, 9.17) is 10.8 Å². The molecule has 0 saturated heterocycles. The van der Waals surface area contributed by atoms with Crippen molar-refractivity contribution in [3.8, 4) is 0 Å². The summed E-state index contributed by atoms with van der Waals surface area (Å²) in [6.45, 7) is 0. The lowest BCUT2D eigenvalue weighted by atomic mass is 9.75. The van der Waals surface area contributed by atoms with E-state index in [9.17, 15) is 9.59 Å². The summed E-state index contributed by atoms with van der Waals surface area (Å²) >= 11 is 0. The Morgan fingerprint density at radius 1 is 1.71 bits per heavy atom. The van der Waals surface area contributed by atoms with E-state index in [2.05, 4.69) is 10.5 Å². The van der Waals surface area contributed by atoms with Crippen LogP contribution in [0.3, 0.4) is 0 Å². The highest BCUT2D eigenvalue weighted by molar-refractivity contribution is 6.09. The second-order valence-electron chi connectivity index (χ2n) is 3.80. The molecule has 14 heavy (non-hydrogen) atoms. The van der Waals surface area contributed by atoms with Gasteiger partial charge in [-0.25, -0.2) is 5.43 Å². The third-order valence-corrected chi connectivity index (χ3v) is 2.85. The van der Waals surface area contributed by atoms with E-state index in [-0.39, 0.29) is 12.3 Å². The molecule has 0 aromatic heterocycles. The SMILES string of the molecule is NC1(C(=O)O)CCC2=NNC(=O)C2C1. The molecular weight excluding hydrogens is 186 g/mol. The minimum atomic E-state index is -1.27. The molecule has 1 aliphatic heterocycles. The van der Waals surface area contributed by atoms with Crippen LogP contribution in [0.1, 0.15) is 19.3 Å². The summed E-state index contributed by atoms with van der Waals surface area (Å²) in [7, 11) is 0. The molecule has 4 N–H and O–H groups in total. The molecule has 0 aromatic carbocycles. The molecule has 1 saturated carbocycles. The molecule has 1 amide bonds. The lowest BCUT2D eigenvalue weighted by molar-refractivity contribution is -0.144. The van der Waals surface area contributed by atoms with E-state index in [1.165, 1.54) is 0 Å². The van der Waals surface area contributed by atoms with E-state index in [0.29, 0.717) is 12.8 Å². The average molecular weight is 197 g/mol. The van der Waals surface area contributed by atoms with E-state index >= 15 is 0 Å². The Balaban J connectivity index is 2.21. The van der Waals surface area contributed by atoms with Crippen LogP contribution in [0.15, 0.2) is 5.10 Å². The van der Waals surface area contributed by atoms with Crippen LogP contribution in [0.5, 0.6) is 0 Å². The molecule has 0 aromatic rings. The average Bonchev–Trinajstić information content (AvgIpc) is 2.48. The number of hydrogen-bond acceptors (Lipinski definition) is 4. The highest BCUT2D eigenvalue weighted by atomic mass is 16.4. The summed E-state index contributed by atoms with van der Waals surface area (Å²) in [5, 5.41) is 12.7. The zero-order valence-corrected chi connectivity index (χ0v) is 7.49. The highest BCUT2D eigenvalue weighted by Gasteiger charge is 2.46. The number of hydrazone groups is 1. The van der Waals surface area contributed by atoms with Crippen molar-refractivity contribution in [3.05, 3.63) is 0 Å². The number of aliphatic carboxylic acids is 1. The van der Waals surface area contributed by atoms with Crippen molar-refractivity contribution < 1.29 is 14.7 Å². The van der Waals surface area contributed by atoms with Crippen molar-refractivity contribution >= 4 is 17.6 Å². The normalized spacial score (nSPS) is 35.9. The first-order valence-electron chi connectivity index (χ1n) is 4.41. The van der Waals surface area contributed by atoms with Gasteiger partial charge in [0.15, 0.2) is 0 Å². The van der Waals surface area contributed by atoms with Crippen molar-refractivity contribution in [1.82, 2.24) is 5.43 Å². The monoisotopic (exact) mass is 197 g/mol. The number of fused-ring (bicyclic) bond motifs is 1. The Kier molecular flexibility index (Phi) is 1.81. The van der Waals surface area contributed by atoms with Crippen LogP contribution in [-0.2, 0) is 9.59 Å². The second kappa shape index (κ2) is 2.78. The molecule has 0 radical (unpaired) electrons. The maximum Gasteiger partial charge on any atom is 0.323 e. The Morgan fingerprint density at radius 2 is 2.43 bits per heavy atom. The van der Waals surface area contributed by atoms with E-state index in [0.717, 1.165) is 5.71 Å². The van der Waals surface area contributed by atoms with Gasteiger partial charge in [0.1, 0.15) is 5.54 Å². The van der Waals surface area contributed by atoms with Gasteiger partial charge in [0, 0.05) is 0 Å². The van der Waals surface area contributed by atoms with Crippen molar-refractivity contribution in [2.75, 3.05) is 0 Å². The molecule has 2 atom stereocenters. The quantitative estimate of drug-likeness (QED) is 0.504. The van der Waals surface area contributed by atoms with Crippen molar-refractivity contribution in [1.29, 1.82) is 0 Å². The Bertz CT molecular complexity index is 339. The van der Waals surface area contributed by atoms with Gasteiger partial charge in [-0.15, -0.1) is 0 Å². The molecule has 76 valence electrons. The number of carbonyl (C=O) groups excluding carboxylic acids is 1. The first-order valence-corrected chi connectivity index (χ1v) is 4.41. The third kappa shape index (κ3) is 1.19. The first kappa shape index (κ1) is 9.14. The molecular formula is C8H11N3O3. The smallest absolute Gasteiger partial charge is 0.323 e. The number of amides is 1. The molecule has 1 heterocycles. The van der Waals surface area contributed by atoms with Gasteiger partial charge >= 0.3 is 5.97 Å². The predicted molar refractivity (Wildman–Crippen MR) is 47.5 cm³/mol. The maximum atomic E-state index is 11.2. The Morgan fingerprint density at radius 3 is 3.07 bits per heavy atom. The standard InChI is InChI=1S/C8H11N3O3/c9-8(7(13)14)2-1-5-4(3-8)6(12)11-10-5/h4H,1-3,9H2,(H,11,12)(H,13,14). The van der Waals surface area contributed by atoms with Crippen molar-refractivity contribution in [2.24, 2.45) is 16.8 Å². The van der Waals surface area contributed by atoms with Gasteiger partial charge in [-0.3, -0.25) is 9.59 Å². The number of nitrogens with one attached hydrogen (secondary N) is 1. The molecule has 6 heteroatoms. The number of carbonyl (C=O) groups is 2. The third-order valence-electron chi connectivity index (χ3n) is 2.85. The molecule has 2 unspecified atom stereocenters. The number of nitrogens with zero attached hydrogens (tertiary/aromatic N) is 1. The molecule has 1 fully saturated rings. The first-order chi connectivity index (χ1) is 6.53. The van der Waals surface area contributed by atoms with Crippen LogP contribution in [0.25, 0.3) is 0 Å². The number of carboxylic acid groups (broad SMARTS) is 1. The molecule has 2 aliphatic rings. The summed E-state index contributed by atoms with van der Waals surface area (Å²) in [5.74, 6) is -1.73. The van der Waals surface area contributed by atoms with Crippen LogP contribution in [0.4, 0.5) is 0 Å². The summed E-state index contributed by atoms with van der Waals surface area (Å²) in [5.41, 5.74) is 7.49. The van der Waals surface area contributed by atoms with Crippen LogP contribution in [0.2, 0.25) is 0 Å². The van der Waals surface area contributed by atoms with Crippen molar-refractivity contribution in [2.45, 2.75) is 24.8 Å². The predicted octanol–water partition coefficient (Wildman–Crippen LogP) is -0.946. The van der Waals surface area contributed by atoms with E-state index < -0.39 is 17.4 Å². The fraction of sp³-hybridized carbons (Fsp3) is 0.625. The summed E-state index contributed by atoms with van der Waals surface area (Å²) in [4.78, 5) is 22.1. The van der Waals surface area contributed by atoms with Crippen LogP contribution in [-0.4, -0.2) is 28.2 Å². The van der Waals surface area contributed by atoms with Gasteiger partial charge in [0.05, 0.1) is 11.6 Å². The van der Waals surface area contributed by atoms with Gasteiger partial charge in [-0.1, -0.05) is 0 Å². The molecule has 0 bridgehead atoms. The van der Waals surface area contributed by atoms with Gasteiger partial charge in [0.25, 0.3) is 0 Å². The summed E-state index contributed by atoms with van der Waals surface area (Å²) in [6, 6.07) is 0. The van der Waals surface area contributed by atoms with Gasteiger partial charge in [-0.2, -0.15) is 5.10 Å². The Labute approximate surface area is 80.2 Å². The highest BCUT2D eigenvalue weighted by Crippen LogP contribution is 2.31. The van der Waals surface area contributed by atoms with Gasteiger partial charge in [-0.05, 0) is 19.3 Å². The fourth-order valence-electron chi connectivity index (χ4n) is 1.89. The Hall–Kier alpha value is -1.43. The van der Waals surface area contributed by atoms with Crippen LogP contribution in [0, 0.1) is 5.92 Å². The number of hydrogen-bond donors (Lipinski definition) is 3. The lowest BCUT2D eigenvalue weighted by Crippen LogP contribution is -2.54. The summed E-state index contributed by atoms with van der Waals surface area (Å²) in [6.07, 6.45) is 0.964. The topological polar surface area (TPSA) is 105 Å². The van der Waals surface area contributed by atoms with Crippen molar-refractivity contribution in [3.63, 3.8) is 0 Å². The van der Waals surface area contributed by atoms with E-state index in [1.54, 1.807) is 0 Å². The second-order valence-corrected chi connectivity index (χ2v) is 3.80. The zero-order chi connectivity index (χ0) is 10.3. The molecule has 2 rings (SSSR count). The van der Waals surface area contributed by atoms with Crippen LogP contribution < -0.4 is 11.2 Å². The van der Waals surface area contributed by atoms with Crippen LogP contribution >= 0.6 is 0 Å². The number of rotatable bonds is 1. The minimum absolute atomic E-state index is 0.146. The molecule has 0 spiro atoms. The number of nitrogens with two attached hydrogens (primary N) is 1.